The highest BCUT2D eigenvalue weighted by Crippen LogP contribution is 2.41. The first-order valence-corrected chi connectivity index (χ1v) is 9.51. The fourth-order valence-electron chi connectivity index (χ4n) is 3.87. The van der Waals surface area contributed by atoms with Crippen molar-refractivity contribution in [3.8, 4) is 11.5 Å². The fraction of sp³-hybridized carbons (Fsp3) is 0.208. The maximum atomic E-state index is 13.6. The Labute approximate surface area is 170 Å². The number of nitrogens with zero attached hydrogens (tertiary/aromatic N) is 1. The predicted octanol–water partition coefficient (Wildman–Crippen LogP) is 5.09. The third-order valence-electron chi connectivity index (χ3n) is 5.15. The predicted molar refractivity (Wildman–Crippen MR) is 115 cm³/mol. The molecule has 5 nitrogen and oxygen atoms in total. The molecular weight excluding hydrogens is 364 g/mol. The molecule has 0 aliphatic carbocycles. The van der Waals surface area contributed by atoms with Crippen LogP contribution in [-0.4, -0.2) is 20.1 Å². The van der Waals surface area contributed by atoms with E-state index in [0.29, 0.717) is 17.1 Å². The maximum absolute atomic E-state index is 13.6. The zero-order chi connectivity index (χ0) is 20.5. The largest absolute Gasteiger partial charge is 0.497 e. The number of hydrogen-bond donors (Lipinski definition) is 1. The van der Waals surface area contributed by atoms with Crippen LogP contribution in [0, 0.1) is 13.8 Å². The van der Waals surface area contributed by atoms with E-state index in [9.17, 15) is 4.79 Å². The van der Waals surface area contributed by atoms with Crippen LogP contribution in [0.4, 0.5) is 11.4 Å². The van der Waals surface area contributed by atoms with Crippen LogP contribution in [0.5, 0.6) is 11.5 Å². The quantitative estimate of drug-likeness (QED) is 0.676. The average molecular weight is 388 g/mol. The number of para-hydroxylation sites is 1. The van der Waals surface area contributed by atoms with Crippen molar-refractivity contribution in [2.45, 2.75) is 20.0 Å². The number of carbonyl (C=O) groups is 1. The van der Waals surface area contributed by atoms with Crippen molar-refractivity contribution >= 4 is 17.3 Å². The highest BCUT2D eigenvalue weighted by atomic mass is 16.5. The molecule has 1 unspecified atom stereocenters. The molecule has 0 radical (unpaired) electrons. The fourth-order valence-corrected chi connectivity index (χ4v) is 3.87. The van der Waals surface area contributed by atoms with Crippen molar-refractivity contribution in [3.63, 3.8) is 0 Å². The Hall–Kier alpha value is -3.47. The van der Waals surface area contributed by atoms with E-state index in [0.717, 1.165) is 28.1 Å². The van der Waals surface area contributed by atoms with Gasteiger partial charge >= 0.3 is 0 Å². The molecule has 0 bridgehead atoms. The lowest BCUT2D eigenvalue weighted by Gasteiger charge is -2.39. The molecule has 29 heavy (non-hydrogen) atoms. The van der Waals surface area contributed by atoms with Crippen molar-refractivity contribution in [2.75, 3.05) is 24.4 Å². The first-order chi connectivity index (χ1) is 14.0. The van der Waals surface area contributed by atoms with E-state index < -0.39 is 6.17 Å². The number of rotatable bonds is 4. The summed E-state index contributed by atoms with van der Waals surface area (Å²) < 4.78 is 11.0. The maximum Gasteiger partial charge on any atom is 0.262 e. The standard InChI is InChI=1S/C24H24N2O3/c1-15-11-16(2)13-17(12-15)26-23(20-10-9-18(28-3)14-22(20)29-4)25-21-8-6-5-7-19(21)24(26)27/h5-14,23,25H,1-4H3. The number of methoxy groups -OCH3 is 2. The van der Waals surface area contributed by atoms with E-state index in [2.05, 4.69) is 11.4 Å². The minimum atomic E-state index is -0.417. The third-order valence-corrected chi connectivity index (χ3v) is 5.15. The van der Waals surface area contributed by atoms with Gasteiger partial charge in [-0.15, -0.1) is 0 Å². The van der Waals surface area contributed by atoms with Gasteiger partial charge in [-0.25, -0.2) is 0 Å². The SMILES string of the molecule is COc1ccc(C2Nc3ccccc3C(=O)N2c2cc(C)cc(C)c2)c(OC)c1. The Morgan fingerprint density at radius 3 is 2.31 bits per heavy atom. The number of aryl methyl sites for hydroxylation is 2. The molecule has 1 aliphatic heterocycles. The van der Waals surface area contributed by atoms with E-state index in [1.165, 1.54) is 0 Å². The second kappa shape index (κ2) is 7.51. The van der Waals surface area contributed by atoms with Crippen LogP contribution in [0.25, 0.3) is 0 Å². The van der Waals surface area contributed by atoms with Gasteiger partial charge in [-0.1, -0.05) is 18.2 Å². The molecule has 148 valence electrons. The lowest BCUT2D eigenvalue weighted by atomic mass is 10.0. The number of nitrogens with one attached hydrogen (secondary N) is 1. The molecule has 0 saturated carbocycles. The summed E-state index contributed by atoms with van der Waals surface area (Å²) >= 11 is 0. The van der Waals surface area contributed by atoms with Gasteiger partial charge in [0.25, 0.3) is 5.91 Å². The van der Waals surface area contributed by atoms with Gasteiger partial charge < -0.3 is 14.8 Å². The van der Waals surface area contributed by atoms with Crippen LogP contribution < -0.4 is 19.7 Å². The number of anilines is 2. The molecule has 1 aliphatic rings. The number of fused-ring (bicyclic) bond motifs is 1. The summed E-state index contributed by atoms with van der Waals surface area (Å²) in [5.74, 6) is 1.31. The molecule has 3 aromatic carbocycles. The van der Waals surface area contributed by atoms with Gasteiger partial charge in [0.2, 0.25) is 0 Å². The Kier molecular flexibility index (Phi) is 4.89. The lowest BCUT2D eigenvalue weighted by Crippen LogP contribution is -2.43. The Morgan fingerprint density at radius 2 is 1.62 bits per heavy atom. The molecule has 1 heterocycles. The van der Waals surface area contributed by atoms with Crippen LogP contribution in [0.15, 0.2) is 60.7 Å². The molecule has 0 saturated heterocycles. The monoisotopic (exact) mass is 388 g/mol. The summed E-state index contributed by atoms with van der Waals surface area (Å²) in [6, 6.07) is 19.4. The van der Waals surface area contributed by atoms with Crippen LogP contribution in [0.2, 0.25) is 0 Å². The summed E-state index contributed by atoms with van der Waals surface area (Å²) in [5.41, 5.74) is 5.36. The molecule has 4 rings (SSSR count). The molecule has 0 fully saturated rings. The molecule has 3 aromatic rings. The number of hydrogen-bond acceptors (Lipinski definition) is 4. The normalized spacial score (nSPS) is 15.5. The molecule has 1 amide bonds. The van der Waals surface area contributed by atoms with Gasteiger partial charge in [0.15, 0.2) is 0 Å². The van der Waals surface area contributed by atoms with Crippen LogP contribution >= 0.6 is 0 Å². The molecule has 1 N–H and O–H groups in total. The van der Waals surface area contributed by atoms with Crippen molar-refractivity contribution in [3.05, 3.63) is 82.9 Å². The van der Waals surface area contributed by atoms with Crippen LogP contribution in [0.1, 0.15) is 33.2 Å². The third kappa shape index (κ3) is 3.40. The van der Waals surface area contributed by atoms with Gasteiger partial charge in [0.05, 0.1) is 19.8 Å². The summed E-state index contributed by atoms with van der Waals surface area (Å²) in [6.45, 7) is 4.07. The molecular formula is C24H24N2O3. The minimum Gasteiger partial charge on any atom is -0.497 e. The Morgan fingerprint density at radius 1 is 0.897 bits per heavy atom. The van der Waals surface area contributed by atoms with Gasteiger partial charge in [-0.2, -0.15) is 0 Å². The van der Waals surface area contributed by atoms with E-state index in [4.69, 9.17) is 9.47 Å². The summed E-state index contributed by atoms with van der Waals surface area (Å²) in [7, 11) is 3.24. The summed E-state index contributed by atoms with van der Waals surface area (Å²) in [5, 5.41) is 3.53. The highest BCUT2D eigenvalue weighted by Gasteiger charge is 2.35. The molecule has 0 aromatic heterocycles. The first kappa shape index (κ1) is 18.9. The molecule has 0 spiro atoms. The van der Waals surface area contributed by atoms with E-state index >= 15 is 0 Å². The Bertz CT molecular complexity index is 1060. The lowest BCUT2D eigenvalue weighted by molar-refractivity contribution is 0.0974. The van der Waals surface area contributed by atoms with E-state index in [-0.39, 0.29) is 5.91 Å². The van der Waals surface area contributed by atoms with Crippen molar-refractivity contribution in [1.29, 1.82) is 0 Å². The second-order valence-corrected chi connectivity index (χ2v) is 7.22. The van der Waals surface area contributed by atoms with Crippen molar-refractivity contribution in [1.82, 2.24) is 0 Å². The summed E-state index contributed by atoms with van der Waals surface area (Å²) in [6.07, 6.45) is -0.417. The zero-order valence-electron chi connectivity index (χ0n) is 17.0. The molecule has 1 atom stereocenters. The van der Waals surface area contributed by atoms with Gasteiger partial charge in [0.1, 0.15) is 17.7 Å². The smallest absolute Gasteiger partial charge is 0.262 e. The highest BCUT2D eigenvalue weighted by molar-refractivity contribution is 6.12. The van der Waals surface area contributed by atoms with Gasteiger partial charge in [0, 0.05) is 23.0 Å². The molecule has 5 heteroatoms. The van der Waals surface area contributed by atoms with E-state index in [1.807, 2.05) is 68.4 Å². The van der Waals surface area contributed by atoms with Crippen LogP contribution in [-0.2, 0) is 0 Å². The number of ether oxygens (including phenoxy) is 2. The van der Waals surface area contributed by atoms with Crippen molar-refractivity contribution < 1.29 is 14.3 Å². The average Bonchev–Trinajstić information content (AvgIpc) is 2.72. The minimum absolute atomic E-state index is 0.0489. The number of carbonyl (C=O) groups excluding carboxylic acids is 1. The number of amides is 1. The second-order valence-electron chi connectivity index (χ2n) is 7.22. The summed E-state index contributed by atoms with van der Waals surface area (Å²) in [4.78, 5) is 15.4. The van der Waals surface area contributed by atoms with E-state index in [1.54, 1.807) is 19.1 Å². The zero-order valence-corrected chi connectivity index (χ0v) is 17.0. The number of benzene rings is 3. The van der Waals surface area contributed by atoms with Crippen molar-refractivity contribution in [2.24, 2.45) is 0 Å². The van der Waals surface area contributed by atoms with Crippen LogP contribution in [0.3, 0.4) is 0 Å². The van der Waals surface area contributed by atoms with Gasteiger partial charge in [-0.3, -0.25) is 9.69 Å². The topological polar surface area (TPSA) is 50.8 Å². The Balaban J connectivity index is 1.91. The van der Waals surface area contributed by atoms with Gasteiger partial charge in [-0.05, 0) is 61.4 Å². The first-order valence-electron chi connectivity index (χ1n) is 9.51.